The molecule has 0 radical (unpaired) electrons. The number of carbonyl (C=O) groups is 2. The highest BCUT2D eigenvalue weighted by molar-refractivity contribution is 5.96. The van der Waals surface area contributed by atoms with Gasteiger partial charge in [-0.15, -0.1) is 0 Å². The Bertz CT molecular complexity index is 790. The maximum Gasteiger partial charge on any atom is 0.337 e. The van der Waals surface area contributed by atoms with E-state index in [1.165, 1.54) is 20.1 Å². The molecule has 0 fully saturated rings. The van der Waals surface area contributed by atoms with Gasteiger partial charge in [0.25, 0.3) is 0 Å². The van der Waals surface area contributed by atoms with E-state index in [9.17, 15) is 9.59 Å². The Kier molecular flexibility index (Phi) is 5.11. The first kappa shape index (κ1) is 16.2. The Morgan fingerprint density at radius 1 is 1.17 bits per heavy atom. The number of methoxy groups -OCH3 is 1. The third kappa shape index (κ3) is 3.95. The number of esters is 1. The molecular weight excluding hydrogens is 294 g/mol. The fraction of sp³-hybridized carbons (Fsp3) is 0.167. The van der Waals surface area contributed by atoms with Gasteiger partial charge < -0.3 is 9.47 Å². The van der Waals surface area contributed by atoms with Gasteiger partial charge in [-0.2, -0.15) is 5.26 Å². The predicted molar refractivity (Wildman–Crippen MR) is 83.3 cm³/mol. The molecule has 2 aromatic carbocycles. The minimum atomic E-state index is -0.413. The van der Waals surface area contributed by atoms with Crippen LogP contribution in [0.3, 0.4) is 0 Å². The van der Waals surface area contributed by atoms with E-state index >= 15 is 0 Å². The molecule has 5 heteroatoms. The van der Waals surface area contributed by atoms with Gasteiger partial charge in [0.15, 0.2) is 5.78 Å². The molecule has 2 rings (SSSR count). The zero-order valence-electron chi connectivity index (χ0n) is 12.8. The summed E-state index contributed by atoms with van der Waals surface area (Å²) in [5.74, 6) is -0.0988. The summed E-state index contributed by atoms with van der Waals surface area (Å²) in [5, 5.41) is 9.09. The van der Waals surface area contributed by atoms with Gasteiger partial charge in [0, 0.05) is 5.56 Å². The molecule has 23 heavy (non-hydrogen) atoms. The van der Waals surface area contributed by atoms with Crippen molar-refractivity contribution in [3.8, 4) is 11.8 Å². The SMILES string of the molecule is COC(=O)c1cccc(COc2ccc(C(C)=O)c(C#N)c2)c1. The molecule has 116 valence electrons. The van der Waals surface area contributed by atoms with Crippen molar-refractivity contribution in [3.63, 3.8) is 0 Å². The lowest BCUT2D eigenvalue weighted by molar-refractivity contribution is 0.0600. The van der Waals surface area contributed by atoms with Gasteiger partial charge >= 0.3 is 5.97 Å². The number of nitrogens with zero attached hydrogens (tertiary/aromatic N) is 1. The Hall–Kier alpha value is -3.13. The largest absolute Gasteiger partial charge is 0.489 e. The summed E-state index contributed by atoms with van der Waals surface area (Å²) < 4.78 is 10.3. The molecule has 0 unspecified atom stereocenters. The van der Waals surface area contributed by atoms with Crippen molar-refractivity contribution in [3.05, 3.63) is 64.7 Å². The van der Waals surface area contributed by atoms with Crippen molar-refractivity contribution in [2.45, 2.75) is 13.5 Å². The van der Waals surface area contributed by atoms with Gasteiger partial charge in [-0.05, 0) is 42.8 Å². The number of carbonyl (C=O) groups excluding carboxylic acids is 2. The quantitative estimate of drug-likeness (QED) is 0.626. The lowest BCUT2D eigenvalue weighted by Gasteiger charge is -2.09. The monoisotopic (exact) mass is 309 g/mol. The molecular formula is C18H15NO4. The highest BCUT2D eigenvalue weighted by Gasteiger charge is 2.09. The van der Waals surface area contributed by atoms with Crippen LogP contribution in [-0.2, 0) is 11.3 Å². The number of hydrogen-bond acceptors (Lipinski definition) is 5. The number of Topliss-reactive ketones (excluding diaryl/α,β-unsaturated/α-hetero) is 1. The summed E-state index contributed by atoms with van der Waals surface area (Å²) in [6.45, 7) is 1.64. The second-order valence-electron chi connectivity index (χ2n) is 4.86. The molecule has 0 atom stereocenters. The summed E-state index contributed by atoms with van der Waals surface area (Å²) in [5.41, 5.74) is 1.88. The van der Waals surface area contributed by atoms with E-state index in [4.69, 9.17) is 10.00 Å². The van der Waals surface area contributed by atoms with Gasteiger partial charge in [0.05, 0.1) is 18.2 Å². The number of ether oxygens (including phenoxy) is 2. The van der Waals surface area contributed by atoms with E-state index in [0.29, 0.717) is 16.9 Å². The zero-order valence-corrected chi connectivity index (χ0v) is 12.8. The van der Waals surface area contributed by atoms with E-state index in [1.807, 2.05) is 12.1 Å². The standard InChI is InChI=1S/C18H15NO4/c1-12(20)17-7-6-16(9-15(17)10-19)23-11-13-4-3-5-14(8-13)18(21)22-2/h3-9H,11H2,1-2H3. The fourth-order valence-electron chi connectivity index (χ4n) is 2.09. The molecule has 0 aromatic heterocycles. The Morgan fingerprint density at radius 3 is 2.61 bits per heavy atom. The average Bonchev–Trinajstić information content (AvgIpc) is 2.59. The van der Waals surface area contributed by atoms with E-state index in [0.717, 1.165) is 5.56 Å². The molecule has 0 saturated carbocycles. The van der Waals surface area contributed by atoms with Crippen LogP contribution in [0.5, 0.6) is 5.75 Å². The van der Waals surface area contributed by atoms with E-state index < -0.39 is 5.97 Å². The highest BCUT2D eigenvalue weighted by Crippen LogP contribution is 2.19. The minimum absolute atomic E-state index is 0.168. The third-order valence-electron chi connectivity index (χ3n) is 3.24. The number of nitriles is 1. The van der Waals surface area contributed by atoms with E-state index in [2.05, 4.69) is 4.74 Å². The molecule has 0 spiro atoms. The molecule has 0 N–H and O–H groups in total. The number of benzene rings is 2. The smallest absolute Gasteiger partial charge is 0.337 e. The molecule has 0 aliphatic heterocycles. The van der Waals surface area contributed by atoms with Crippen LogP contribution in [0.1, 0.15) is 38.8 Å². The third-order valence-corrected chi connectivity index (χ3v) is 3.24. The second kappa shape index (κ2) is 7.23. The molecule has 0 heterocycles. The van der Waals surface area contributed by atoms with Crippen LogP contribution in [0.4, 0.5) is 0 Å². The van der Waals surface area contributed by atoms with Crippen molar-refractivity contribution in [1.82, 2.24) is 0 Å². The van der Waals surface area contributed by atoms with Crippen LogP contribution in [0.2, 0.25) is 0 Å². The summed E-state index contributed by atoms with van der Waals surface area (Å²) in [6, 6.07) is 13.6. The second-order valence-corrected chi connectivity index (χ2v) is 4.86. The van der Waals surface area contributed by atoms with Crippen molar-refractivity contribution < 1.29 is 19.1 Å². The number of ketones is 1. The van der Waals surface area contributed by atoms with Crippen LogP contribution in [-0.4, -0.2) is 18.9 Å². The van der Waals surface area contributed by atoms with Gasteiger partial charge in [0.1, 0.15) is 18.4 Å². The zero-order chi connectivity index (χ0) is 16.8. The van der Waals surface area contributed by atoms with Crippen molar-refractivity contribution in [1.29, 1.82) is 5.26 Å². The predicted octanol–water partition coefficient (Wildman–Crippen LogP) is 3.13. The topological polar surface area (TPSA) is 76.4 Å². The van der Waals surface area contributed by atoms with Gasteiger partial charge in [0.2, 0.25) is 0 Å². The lowest BCUT2D eigenvalue weighted by Crippen LogP contribution is -2.03. The summed E-state index contributed by atoms with van der Waals surface area (Å²) >= 11 is 0. The highest BCUT2D eigenvalue weighted by atomic mass is 16.5. The molecule has 0 saturated heterocycles. The molecule has 0 aliphatic rings. The van der Waals surface area contributed by atoms with Crippen LogP contribution in [0.15, 0.2) is 42.5 Å². The maximum atomic E-state index is 11.5. The van der Waals surface area contributed by atoms with Crippen LogP contribution < -0.4 is 4.74 Å². The normalized spacial score (nSPS) is 9.78. The first-order valence-corrected chi connectivity index (χ1v) is 6.90. The van der Waals surface area contributed by atoms with Crippen LogP contribution in [0.25, 0.3) is 0 Å². The summed E-state index contributed by atoms with van der Waals surface area (Å²) in [7, 11) is 1.32. The van der Waals surface area contributed by atoms with E-state index in [1.54, 1.807) is 30.3 Å². The van der Waals surface area contributed by atoms with Crippen molar-refractivity contribution in [2.24, 2.45) is 0 Å². The summed E-state index contributed by atoms with van der Waals surface area (Å²) in [6.07, 6.45) is 0. The molecule has 0 aliphatic carbocycles. The first-order valence-electron chi connectivity index (χ1n) is 6.90. The molecule has 0 amide bonds. The maximum absolute atomic E-state index is 11.5. The van der Waals surface area contributed by atoms with E-state index in [-0.39, 0.29) is 18.0 Å². The fourth-order valence-corrected chi connectivity index (χ4v) is 2.09. The molecule has 0 bridgehead atoms. The van der Waals surface area contributed by atoms with Crippen molar-refractivity contribution >= 4 is 11.8 Å². The van der Waals surface area contributed by atoms with Crippen molar-refractivity contribution in [2.75, 3.05) is 7.11 Å². The Balaban J connectivity index is 2.14. The minimum Gasteiger partial charge on any atom is -0.489 e. The van der Waals surface area contributed by atoms with Gasteiger partial charge in [-0.1, -0.05) is 12.1 Å². The lowest BCUT2D eigenvalue weighted by atomic mass is 10.1. The molecule has 5 nitrogen and oxygen atoms in total. The Morgan fingerprint density at radius 2 is 1.96 bits per heavy atom. The summed E-state index contributed by atoms with van der Waals surface area (Å²) in [4.78, 5) is 22.9. The molecule has 2 aromatic rings. The van der Waals surface area contributed by atoms with Gasteiger partial charge in [-0.25, -0.2) is 4.79 Å². The van der Waals surface area contributed by atoms with Crippen LogP contribution >= 0.6 is 0 Å². The first-order chi connectivity index (χ1) is 11.0. The number of hydrogen-bond donors (Lipinski definition) is 0. The van der Waals surface area contributed by atoms with Gasteiger partial charge in [-0.3, -0.25) is 4.79 Å². The number of rotatable bonds is 5. The average molecular weight is 309 g/mol. The van der Waals surface area contributed by atoms with Crippen LogP contribution in [0, 0.1) is 11.3 Å². The Labute approximate surface area is 134 Å².